The van der Waals surface area contributed by atoms with Crippen molar-refractivity contribution in [2.24, 2.45) is 23.2 Å². The summed E-state index contributed by atoms with van der Waals surface area (Å²) in [5, 5.41) is 45.2. The molecule has 1 saturated carbocycles. The Labute approximate surface area is 849 Å². The highest BCUT2D eigenvalue weighted by Crippen LogP contribution is 2.63. The van der Waals surface area contributed by atoms with Crippen molar-refractivity contribution >= 4 is 59.3 Å². The highest BCUT2D eigenvalue weighted by Gasteiger charge is 2.49. The SMILES string of the molecule is COC(=O)C1=CC(C2Oc3cccc(OC)c3-c3ccc4c(c32)C(C)=CC(C)(C)N4)CCC1.COC(O[Si](C)(C)C(C)(C)C)=C1CCCCC1.COc1cccc2c1-c1ccc3c(c1C(C1(CO)C=CCCC1)O2)C(C)=CC(C)(C)N3.COc1cccc2c1-c1ccc3c(c1[C@@H]([C@H]1C=C(CO)CCC1)O2)C(C)=CC(C)(C)N3.COc1cccc2c1-c1ccc3c(c1[C@H]([C@H]1C=C(CO)CCC1)O2)C(C)=CC(C)(C)N3. The molecule has 0 aromatic heterocycles. The maximum atomic E-state index is 12.3. The van der Waals surface area contributed by atoms with E-state index in [0.717, 1.165) is 226 Å². The Morgan fingerprint density at radius 3 is 1.09 bits per heavy atom. The number of carbonyl (C=O) groups excluding carboxylic acids is 1. The highest BCUT2D eigenvalue weighted by molar-refractivity contribution is 6.74. The molecule has 20 heteroatoms. The van der Waals surface area contributed by atoms with E-state index in [1.54, 1.807) is 35.5 Å². The van der Waals surface area contributed by atoms with Crippen LogP contribution in [0.4, 0.5) is 22.7 Å². The van der Waals surface area contributed by atoms with Crippen LogP contribution in [0.5, 0.6) is 46.0 Å². The Bertz CT molecular complexity index is 6320. The Balaban J connectivity index is 0.000000124. The van der Waals surface area contributed by atoms with Gasteiger partial charge in [-0.3, -0.25) is 0 Å². The van der Waals surface area contributed by atoms with Crippen molar-refractivity contribution in [2.75, 3.05) is 83.7 Å². The first-order valence-corrected chi connectivity index (χ1v) is 54.8. The molecule has 4 unspecified atom stereocenters. The zero-order valence-corrected chi connectivity index (χ0v) is 89.7. The third kappa shape index (κ3) is 20.5. The largest absolute Gasteiger partial charge is 0.519 e. The van der Waals surface area contributed by atoms with Gasteiger partial charge in [-0.05, 0) is 332 Å². The van der Waals surface area contributed by atoms with Crippen molar-refractivity contribution in [2.45, 2.75) is 278 Å². The van der Waals surface area contributed by atoms with Crippen molar-refractivity contribution in [1.29, 1.82) is 0 Å². The number of benzene rings is 8. The normalized spacial score (nSPS) is 22.9. The van der Waals surface area contributed by atoms with E-state index in [2.05, 4.69) is 241 Å². The van der Waals surface area contributed by atoms with Gasteiger partial charge in [-0.1, -0.05) is 130 Å². The molecule has 8 aliphatic heterocycles. The number of aliphatic hydroxyl groups excluding tert-OH is 3. The predicted octanol–water partition coefficient (Wildman–Crippen LogP) is 29.5. The number of hydrogen-bond donors (Lipinski definition) is 7. The molecule has 0 bridgehead atoms. The standard InChI is InChI=1S/C28H31NO4.3C27H31NO3.C14H28O2Si/c1-16-15-28(2,3)29-20-13-12-19-24-21(31-4)10-7-11-22(24)33-26(25(19)23(16)20)17-8-6-9-18(14-17)27(30)32-5;2*1-16-14-27(2,3)28-20-12-11-19-24-21(30-4)9-6-10-22(24)31-26(25(19)23(16)20)18-8-5-7-17(13-18)15-29;1-17-15-26(2,3)28-19-12-11-18-23-20(30-4)9-8-10-21(23)31-25(24(18)22(17)19)27(16-29)13-6-5-7-14-27;1-14(2,3)17(5,6)16-13(15-4)12-10-8-7-9-11-12/h7,10-15,17,26,29H,6,8-9H2,1-5H3;2*6,9-14,18,26,28-29H,5,7-8,15H2,1-4H3;6,8-13,15,25,28-29H,5,7,14,16H2,1-4H3;7-11H2,1-6H3/t;18-,26+;18-,26-;;/m.11../s1. The maximum Gasteiger partial charge on any atom is 0.333 e. The van der Waals surface area contributed by atoms with E-state index in [1.807, 2.05) is 72.8 Å². The molecule has 21 rings (SSSR count). The van der Waals surface area contributed by atoms with E-state index in [4.69, 9.17) is 51.8 Å². The number of methoxy groups -OCH3 is 6. The van der Waals surface area contributed by atoms with Gasteiger partial charge in [0.05, 0.1) is 112 Å². The van der Waals surface area contributed by atoms with Gasteiger partial charge >= 0.3 is 5.97 Å². The first-order chi connectivity index (χ1) is 68.3. The molecular formula is C123H152N4O15Si. The summed E-state index contributed by atoms with van der Waals surface area (Å²) in [4.78, 5) is 12.3. The average molecular weight is 1950 g/mol. The Hall–Kier alpha value is -11.8. The van der Waals surface area contributed by atoms with Crippen LogP contribution in [0.3, 0.4) is 0 Å². The van der Waals surface area contributed by atoms with E-state index < -0.39 is 13.7 Å². The van der Waals surface area contributed by atoms with Gasteiger partial charge in [0.1, 0.15) is 70.4 Å². The first kappa shape index (κ1) is 103. The number of ether oxygens (including phenoxy) is 10. The van der Waals surface area contributed by atoms with Crippen LogP contribution in [-0.4, -0.2) is 114 Å². The molecule has 13 aliphatic rings. The minimum atomic E-state index is -1.76. The van der Waals surface area contributed by atoms with E-state index in [1.165, 1.54) is 98.7 Å². The van der Waals surface area contributed by atoms with E-state index >= 15 is 0 Å². The van der Waals surface area contributed by atoms with Gasteiger partial charge in [-0.2, -0.15) is 0 Å². The van der Waals surface area contributed by atoms with E-state index in [-0.39, 0.29) is 95.2 Å². The van der Waals surface area contributed by atoms with Crippen LogP contribution >= 0.6 is 0 Å². The Morgan fingerprint density at radius 2 is 0.762 bits per heavy atom. The number of aliphatic hydroxyl groups is 3. The molecule has 8 atom stereocenters. The Morgan fingerprint density at radius 1 is 0.413 bits per heavy atom. The number of hydrogen-bond acceptors (Lipinski definition) is 19. The molecule has 0 radical (unpaired) electrons. The number of fused-ring (bicyclic) bond motifs is 20. The highest BCUT2D eigenvalue weighted by atomic mass is 28.4. The van der Waals surface area contributed by atoms with Crippen molar-refractivity contribution in [3.63, 3.8) is 0 Å². The van der Waals surface area contributed by atoms with Crippen LogP contribution in [0.2, 0.25) is 18.1 Å². The second-order valence-electron chi connectivity index (χ2n) is 45.0. The fourth-order valence-corrected chi connectivity index (χ4v) is 25.4. The summed E-state index contributed by atoms with van der Waals surface area (Å²) in [6.45, 7) is 37.9. The number of rotatable bonds is 15. The monoisotopic (exact) mass is 1950 g/mol. The minimum absolute atomic E-state index is 0.0538. The van der Waals surface area contributed by atoms with Crippen molar-refractivity contribution in [3.05, 3.63) is 249 Å². The quantitative estimate of drug-likeness (QED) is 0.0219. The smallest absolute Gasteiger partial charge is 0.333 e. The molecular weight excluding hydrogens is 1800 g/mol. The topological polar surface area (TPSA) is 227 Å². The Kier molecular flexibility index (Phi) is 29.7. The van der Waals surface area contributed by atoms with Crippen LogP contribution < -0.4 is 59.2 Å². The summed E-state index contributed by atoms with van der Waals surface area (Å²) in [5.41, 5.74) is 31.3. The van der Waals surface area contributed by atoms with Crippen molar-refractivity contribution in [3.8, 4) is 90.5 Å². The van der Waals surface area contributed by atoms with Crippen LogP contribution in [0.15, 0.2) is 204 Å². The second kappa shape index (κ2) is 41.4. The number of nitrogens with one attached hydrogen (secondary N) is 4. The van der Waals surface area contributed by atoms with Gasteiger partial charge in [-0.15, -0.1) is 0 Å². The van der Waals surface area contributed by atoms with Gasteiger partial charge in [0.15, 0.2) is 0 Å². The fraction of sp³-hybridized carbons (Fsp3) is 0.455. The molecule has 0 amide bonds. The summed E-state index contributed by atoms with van der Waals surface area (Å²) in [6.07, 6.45) is 37.5. The summed E-state index contributed by atoms with van der Waals surface area (Å²) >= 11 is 0. The lowest BCUT2D eigenvalue weighted by molar-refractivity contribution is -0.136. The van der Waals surface area contributed by atoms with Gasteiger partial charge in [0.2, 0.25) is 0 Å². The van der Waals surface area contributed by atoms with Crippen molar-refractivity contribution < 1.29 is 71.9 Å². The summed E-state index contributed by atoms with van der Waals surface area (Å²) < 4.78 is 66.7. The lowest BCUT2D eigenvalue weighted by Crippen LogP contribution is -2.41. The fourth-order valence-electron chi connectivity index (χ4n) is 24.4. The molecule has 0 spiro atoms. The number of allylic oxidation sites excluding steroid dienone is 6. The molecule has 8 aromatic rings. The zero-order chi connectivity index (χ0) is 102. The van der Waals surface area contributed by atoms with Crippen LogP contribution in [0.25, 0.3) is 66.8 Å². The number of esters is 1. The summed E-state index contributed by atoms with van der Waals surface area (Å²) in [5.74, 6) is 7.74. The van der Waals surface area contributed by atoms with Crippen LogP contribution in [0.1, 0.15) is 282 Å². The molecule has 0 saturated heterocycles. The predicted molar refractivity (Wildman–Crippen MR) is 583 cm³/mol. The number of anilines is 4. The summed E-state index contributed by atoms with van der Waals surface area (Å²) in [7, 11) is 8.26. The second-order valence-corrected chi connectivity index (χ2v) is 49.7. The lowest BCUT2D eigenvalue weighted by Gasteiger charge is -2.44. The molecule has 8 heterocycles. The zero-order valence-electron chi connectivity index (χ0n) is 88.7. The third-order valence-electron chi connectivity index (χ3n) is 31.5. The minimum Gasteiger partial charge on any atom is -0.519 e. The van der Waals surface area contributed by atoms with Gasteiger partial charge in [0, 0.05) is 96.2 Å². The van der Waals surface area contributed by atoms with Crippen molar-refractivity contribution in [1.82, 2.24) is 0 Å². The molecule has 7 N–H and O–H groups in total. The average Bonchev–Trinajstić information content (AvgIpc) is 0.720. The van der Waals surface area contributed by atoms with Crippen LogP contribution in [-0.2, 0) is 18.7 Å². The van der Waals surface area contributed by atoms with Gasteiger partial charge in [0.25, 0.3) is 14.3 Å². The molecule has 143 heavy (non-hydrogen) atoms. The third-order valence-corrected chi connectivity index (χ3v) is 35.8. The maximum absolute atomic E-state index is 12.3. The van der Waals surface area contributed by atoms with Gasteiger partial charge in [-0.25, -0.2) is 4.79 Å². The lowest BCUT2D eigenvalue weighted by atomic mass is 9.68. The molecule has 1 fully saturated rings. The first-order valence-electron chi connectivity index (χ1n) is 51.9. The molecule has 19 nitrogen and oxygen atoms in total. The van der Waals surface area contributed by atoms with Crippen LogP contribution in [0, 0.1) is 23.2 Å². The van der Waals surface area contributed by atoms with Gasteiger partial charge < -0.3 is 88.4 Å². The molecule has 8 aromatic carbocycles. The van der Waals surface area contributed by atoms with E-state index in [9.17, 15) is 20.1 Å². The summed E-state index contributed by atoms with van der Waals surface area (Å²) in [6, 6.07) is 41.5. The van der Waals surface area contributed by atoms with E-state index in [0.29, 0.717) is 0 Å². The molecule has 5 aliphatic carbocycles. The molecule has 758 valence electrons. The number of carbonyl (C=O) groups is 1.